The predicted octanol–water partition coefficient (Wildman–Crippen LogP) is 5.09. The Balaban J connectivity index is 1.18. The fraction of sp³-hybridized carbons (Fsp3) is 0.533. The molecular weight excluding hydrogens is 474 g/mol. The van der Waals surface area contributed by atoms with Crippen molar-refractivity contribution in [1.29, 1.82) is 0 Å². The largest absolute Gasteiger partial charge is 0.379 e. The van der Waals surface area contributed by atoms with Crippen LogP contribution in [0.1, 0.15) is 69.4 Å². The second-order valence-corrected chi connectivity index (χ2v) is 11.4. The molecule has 3 fully saturated rings. The van der Waals surface area contributed by atoms with Crippen LogP contribution in [-0.2, 0) is 4.74 Å². The zero-order valence-electron chi connectivity index (χ0n) is 22.6. The van der Waals surface area contributed by atoms with E-state index in [9.17, 15) is 0 Å². The summed E-state index contributed by atoms with van der Waals surface area (Å²) in [5.41, 5.74) is 6.37. The maximum atomic E-state index is 5.58. The third-order valence-corrected chi connectivity index (χ3v) is 9.32. The highest BCUT2D eigenvalue weighted by Crippen LogP contribution is 2.64. The minimum absolute atomic E-state index is 0.0178. The Morgan fingerprint density at radius 3 is 2.55 bits per heavy atom. The van der Waals surface area contributed by atoms with Crippen LogP contribution in [0.4, 0.5) is 0 Å². The van der Waals surface area contributed by atoms with Gasteiger partial charge in [0.05, 0.1) is 42.4 Å². The molecule has 8 nitrogen and oxygen atoms in total. The number of morpholine rings is 1. The fourth-order valence-electron chi connectivity index (χ4n) is 6.94. The fourth-order valence-corrected chi connectivity index (χ4v) is 6.94. The van der Waals surface area contributed by atoms with E-state index < -0.39 is 0 Å². The highest BCUT2D eigenvalue weighted by molar-refractivity contribution is 5.79. The summed E-state index contributed by atoms with van der Waals surface area (Å²) in [6, 6.07) is 11.7. The molecule has 8 heteroatoms. The summed E-state index contributed by atoms with van der Waals surface area (Å²) in [6.45, 7) is 10.6. The number of aromatic nitrogens is 6. The van der Waals surface area contributed by atoms with Crippen molar-refractivity contribution in [3.63, 3.8) is 0 Å². The Bertz CT molecular complexity index is 1410. The molecule has 4 aromatic heterocycles. The van der Waals surface area contributed by atoms with Crippen LogP contribution in [0.25, 0.3) is 22.3 Å². The normalized spacial score (nSPS) is 26.9. The molecule has 0 bridgehead atoms. The summed E-state index contributed by atoms with van der Waals surface area (Å²) < 4.78 is 9.93. The van der Waals surface area contributed by atoms with Gasteiger partial charge in [-0.05, 0) is 69.2 Å². The summed E-state index contributed by atoms with van der Waals surface area (Å²) in [4.78, 5) is 12.0. The van der Waals surface area contributed by atoms with Crippen molar-refractivity contribution < 1.29 is 4.74 Å². The van der Waals surface area contributed by atoms with Gasteiger partial charge in [-0.2, -0.15) is 10.2 Å². The molecule has 0 aromatic carbocycles. The summed E-state index contributed by atoms with van der Waals surface area (Å²) in [5, 5.41) is 9.85. The predicted molar refractivity (Wildman–Crippen MR) is 147 cm³/mol. The Morgan fingerprint density at radius 2 is 1.82 bits per heavy atom. The van der Waals surface area contributed by atoms with Crippen LogP contribution < -0.4 is 0 Å². The molecule has 6 atom stereocenters. The molecule has 2 saturated carbocycles. The highest BCUT2D eigenvalue weighted by Gasteiger charge is 2.58. The molecule has 38 heavy (non-hydrogen) atoms. The van der Waals surface area contributed by atoms with Crippen molar-refractivity contribution >= 4 is 11.0 Å². The molecule has 0 radical (unpaired) electrons. The zero-order valence-corrected chi connectivity index (χ0v) is 22.6. The summed E-state index contributed by atoms with van der Waals surface area (Å²) >= 11 is 0. The van der Waals surface area contributed by atoms with Gasteiger partial charge in [-0.1, -0.05) is 13.0 Å². The Labute approximate surface area is 224 Å². The van der Waals surface area contributed by atoms with Gasteiger partial charge in [0.2, 0.25) is 0 Å². The standard InChI is InChI=1S/C30H37N7O/c1-4-19(2)36-29(30-23-14-22(15-24(23)30)35-9-11-38-12-10-35)16-26(34-36)21-13-28-27(32-17-21)18-33-37(28)20(3)25-7-5-6-8-31-25/h5-8,13,16-20,22-24,30H,4,9-12,14-15H2,1-3H3/t19?,20-,22?,23-,24+,30?/m0/s1. The number of fused-ring (bicyclic) bond motifs is 2. The van der Waals surface area contributed by atoms with Crippen molar-refractivity contribution in [2.24, 2.45) is 11.8 Å². The molecule has 2 aliphatic carbocycles. The van der Waals surface area contributed by atoms with Gasteiger partial charge in [-0.3, -0.25) is 24.2 Å². The van der Waals surface area contributed by atoms with Crippen LogP contribution in [0.2, 0.25) is 0 Å². The SMILES string of the molecule is CCC(C)n1nc(-c2cnc3cnn([C@@H](C)c4ccccn4)c3c2)cc1C1[C@H]2CC(N3CCOCC3)C[C@@H]12. The average Bonchev–Trinajstić information content (AvgIpc) is 3.40. The molecule has 1 aliphatic heterocycles. The first-order chi connectivity index (χ1) is 18.6. The molecule has 0 spiro atoms. The van der Waals surface area contributed by atoms with Crippen molar-refractivity contribution in [3.05, 3.63) is 60.3 Å². The van der Waals surface area contributed by atoms with Crippen molar-refractivity contribution in [2.75, 3.05) is 26.3 Å². The van der Waals surface area contributed by atoms with E-state index in [-0.39, 0.29) is 6.04 Å². The van der Waals surface area contributed by atoms with Crippen LogP contribution in [0.5, 0.6) is 0 Å². The van der Waals surface area contributed by atoms with Crippen LogP contribution >= 0.6 is 0 Å². The van der Waals surface area contributed by atoms with Crippen molar-refractivity contribution in [1.82, 2.24) is 34.4 Å². The second kappa shape index (κ2) is 9.58. The van der Waals surface area contributed by atoms with E-state index in [0.29, 0.717) is 12.0 Å². The molecule has 4 aromatic rings. The van der Waals surface area contributed by atoms with Crippen LogP contribution in [0.15, 0.2) is 48.9 Å². The molecule has 3 aliphatic rings. The number of nitrogens with zero attached hydrogens (tertiary/aromatic N) is 7. The minimum atomic E-state index is 0.0178. The minimum Gasteiger partial charge on any atom is -0.379 e. The quantitative estimate of drug-likeness (QED) is 0.344. The maximum Gasteiger partial charge on any atom is 0.108 e. The van der Waals surface area contributed by atoms with Crippen LogP contribution in [0, 0.1) is 11.8 Å². The van der Waals surface area contributed by atoms with E-state index in [4.69, 9.17) is 14.8 Å². The lowest BCUT2D eigenvalue weighted by Crippen LogP contribution is -2.43. The van der Waals surface area contributed by atoms with Crippen molar-refractivity contribution in [2.45, 2.75) is 64.1 Å². The lowest BCUT2D eigenvalue weighted by molar-refractivity contribution is 0.0151. The van der Waals surface area contributed by atoms with Gasteiger partial charge in [-0.25, -0.2) is 0 Å². The number of hydrogen-bond acceptors (Lipinski definition) is 6. The van der Waals surface area contributed by atoms with E-state index in [2.05, 4.69) is 52.6 Å². The molecule has 5 heterocycles. The van der Waals surface area contributed by atoms with Gasteiger partial charge in [0.25, 0.3) is 0 Å². The first kappa shape index (κ1) is 24.0. The Hall–Kier alpha value is -3.10. The molecule has 0 amide bonds. The number of pyridine rings is 2. The number of rotatable bonds is 7. The molecule has 198 valence electrons. The van der Waals surface area contributed by atoms with Gasteiger partial charge in [0.15, 0.2) is 0 Å². The average molecular weight is 512 g/mol. The van der Waals surface area contributed by atoms with Gasteiger partial charge in [0.1, 0.15) is 5.52 Å². The van der Waals surface area contributed by atoms with E-state index in [1.807, 2.05) is 41.5 Å². The molecule has 7 rings (SSSR count). The van der Waals surface area contributed by atoms with Gasteiger partial charge >= 0.3 is 0 Å². The third-order valence-electron chi connectivity index (χ3n) is 9.32. The van der Waals surface area contributed by atoms with Gasteiger partial charge in [-0.15, -0.1) is 0 Å². The highest BCUT2D eigenvalue weighted by atomic mass is 16.5. The molecule has 0 N–H and O–H groups in total. The van der Waals surface area contributed by atoms with Gasteiger partial charge < -0.3 is 4.74 Å². The number of ether oxygens (including phenoxy) is 1. The van der Waals surface area contributed by atoms with Gasteiger partial charge in [0, 0.05) is 54.7 Å². The first-order valence-corrected chi connectivity index (χ1v) is 14.3. The zero-order chi connectivity index (χ0) is 25.8. The van der Waals surface area contributed by atoms with Crippen molar-refractivity contribution in [3.8, 4) is 11.3 Å². The van der Waals surface area contributed by atoms with Crippen LogP contribution in [0.3, 0.4) is 0 Å². The first-order valence-electron chi connectivity index (χ1n) is 14.3. The monoisotopic (exact) mass is 511 g/mol. The molecular formula is C30H37N7O. The Morgan fingerprint density at radius 1 is 1.00 bits per heavy atom. The lowest BCUT2D eigenvalue weighted by atomic mass is 10.0. The molecule has 3 unspecified atom stereocenters. The van der Waals surface area contributed by atoms with E-state index in [0.717, 1.165) is 78.6 Å². The summed E-state index contributed by atoms with van der Waals surface area (Å²) in [7, 11) is 0. The van der Waals surface area contributed by atoms with E-state index in [1.165, 1.54) is 18.5 Å². The third kappa shape index (κ3) is 4.05. The topological polar surface area (TPSA) is 73.9 Å². The summed E-state index contributed by atoms with van der Waals surface area (Å²) in [6.07, 6.45) is 9.33. The van der Waals surface area contributed by atoms with E-state index >= 15 is 0 Å². The Kier molecular flexibility index (Phi) is 6.04. The molecule has 1 saturated heterocycles. The maximum absolute atomic E-state index is 5.58. The summed E-state index contributed by atoms with van der Waals surface area (Å²) in [5.74, 6) is 2.21. The smallest absolute Gasteiger partial charge is 0.108 e. The second-order valence-electron chi connectivity index (χ2n) is 11.4. The number of hydrogen-bond donors (Lipinski definition) is 0. The lowest BCUT2D eigenvalue weighted by Gasteiger charge is -2.33. The van der Waals surface area contributed by atoms with E-state index in [1.54, 1.807) is 0 Å². The van der Waals surface area contributed by atoms with Crippen LogP contribution in [-0.4, -0.2) is 66.8 Å².